The molecule has 0 radical (unpaired) electrons. The van der Waals surface area contributed by atoms with E-state index in [1.165, 1.54) is 13.1 Å². The van der Waals surface area contributed by atoms with Gasteiger partial charge in [0.2, 0.25) is 5.43 Å². The molecule has 30 heavy (non-hydrogen) atoms. The Hall–Kier alpha value is -3.09. The molecule has 0 aliphatic rings. The van der Waals surface area contributed by atoms with Crippen molar-refractivity contribution in [1.29, 1.82) is 0 Å². The molecule has 7 nitrogen and oxygen atoms in total. The maximum Gasteiger partial charge on any atom is 0.273 e. The van der Waals surface area contributed by atoms with Crippen LogP contribution in [0.5, 0.6) is 5.75 Å². The van der Waals surface area contributed by atoms with Gasteiger partial charge in [-0.25, -0.2) is 0 Å². The van der Waals surface area contributed by atoms with E-state index >= 15 is 0 Å². The largest absolute Gasteiger partial charge is 0.487 e. The van der Waals surface area contributed by atoms with Crippen molar-refractivity contribution in [3.05, 3.63) is 64.1 Å². The summed E-state index contributed by atoms with van der Waals surface area (Å²) in [6.07, 6.45) is 7.13. The van der Waals surface area contributed by atoms with Crippen LogP contribution in [0, 0.1) is 0 Å². The highest BCUT2D eigenvalue weighted by Crippen LogP contribution is 2.23. The molecule has 1 aromatic carbocycles. The number of amides is 1. The average Bonchev–Trinajstić information content (AvgIpc) is 2.77. The summed E-state index contributed by atoms with van der Waals surface area (Å²) in [7, 11) is 1.52. The van der Waals surface area contributed by atoms with Crippen molar-refractivity contribution in [3.8, 4) is 5.75 Å². The minimum Gasteiger partial charge on any atom is -0.487 e. The zero-order chi connectivity index (χ0) is 21.8. The molecule has 0 saturated heterocycles. The monoisotopic (exact) mass is 413 g/mol. The molecule has 0 fully saturated rings. The van der Waals surface area contributed by atoms with Gasteiger partial charge in [-0.1, -0.05) is 50.1 Å². The predicted octanol–water partition coefficient (Wildman–Crippen LogP) is 3.43. The molecule has 1 unspecified atom stereocenters. The maximum absolute atomic E-state index is 12.6. The maximum atomic E-state index is 12.6. The summed E-state index contributed by atoms with van der Waals surface area (Å²) in [6, 6.07) is 11.2. The second-order valence-electron chi connectivity index (χ2n) is 7.05. The van der Waals surface area contributed by atoms with Gasteiger partial charge in [-0.15, -0.1) is 0 Å². The lowest BCUT2D eigenvalue weighted by Crippen LogP contribution is -2.33. The van der Waals surface area contributed by atoms with Crippen LogP contribution in [0.3, 0.4) is 0 Å². The summed E-state index contributed by atoms with van der Waals surface area (Å²) in [4.78, 5) is 35.7. The van der Waals surface area contributed by atoms with Crippen LogP contribution in [0.2, 0.25) is 0 Å². The van der Waals surface area contributed by atoms with E-state index in [2.05, 4.69) is 10.7 Å². The van der Waals surface area contributed by atoms with Gasteiger partial charge in [0.25, 0.3) is 5.91 Å². The SMILES string of the molecule is CCCCOc1c(C(=O)NC)n(NC(CCCCC=O)c2ccccc2)ccc1=O. The molecule has 0 aliphatic carbocycles. The highest BCUT2D eigenvalue weighted by molar-refractivity contribution is 5.95. The van der Waals surface area contributed by atoms with Crippen molar-refractivity contribution in [2.75, 3.05) is 19.1 Å². The van der Waals surface area contributed by atoms with Gasteiger partial charge >= 0.3 is 0 Å². The summed E-state index contributed by atoms with van der Waals surface area (Å²) in [6.45, 7) is 2.40. The lowest BCUT2D eigenvalue weighted by Gasteiger charge is -2.25. The Balaban J connectivity index is 2.37. The average molecular weight is 414 g/mol. The number of carbonyl (C=O) groups is 2. The summed E-state index contributed by atoms with van der Waals surface area (Å²) in [5.41, 5.74) is 4.24. The molecule has 0 aliphatic heterocycles. The van der Waals surface area contributed by atoms with Crippen molar-refractivity contribution in [2.45, 2.75) is 51.5 Å². The van der Waals surface area contributed by atoms with E-state index in [1.54, 1.807) is 10.9 Å². The summed E-state index contributed by atoms with van der Waals surface area (Å²) < 4.78 is 7.27. The van der Waals surface area contributed by atoms with Gasteiger partial charge in [0, 0.05) is 25.7 Å². The van der Waals surface area contributed by atoms with Crippen molar-refractivity contribution in [2.24, 2.45) is 0 Å². The van der Waals surface area contributed by atoms with Gasteiger partial charge in [-0.05, 0) is 24.8 Å². The van der Waals surface area contributed by atoms with Gasteiger partial charge in [0.15, 0.2) is 11.4 Å². The number of unbranched alkanes of at least 4 members (excludes halogenated alkanes) is 3. The Kier molecular flexibility index (Phi) is 9.64. The Morgan fingerprint density at radius 3 is 2.60 bits per heavy atom. The fraction of sp³-hybridized carbons (Fsp3) is 0.435. The van der Waals surface area contributed by atoms with Crippen LogP contribution < -0.4 is 20.9 Å². The second kappa shape index (κ2) is 12.5. The van der Waals surface area contributed by atoms with Crippen molar-refractivity contribution in [3.63, 3.8) is 0 Å². The number of ether oxygens (including phenoxy) is 1. The number of benzene rings is 1. The normalized spacial score (nSPS) is 11.5. The Bertz CT molecular complexity index is 864. The highest BCUT2D eigenvalue weighted by Gasteiger charge is 2.21. The Labute approximate surface area is 177 Å². The molecule has 1 heterocycles. The number of hydrogen-bond acceptors (Lipinski definition) is 5. The van der Waals surface area contributed by atoms with Gasteiger partial charge in [0.1, 0.15) is 6.29 Å². The van der Waals surface area contributed by atoms with Gasteiger partial charge in [0.05, 0.1) is 12.6 Å². The van der Waals surface area contributed by atoms with Gasteiger partial charge in [-0.3, -0.25) is 14.3 Å². The molecule has 0 bridgehead atoms. The third-order valence-electron chi connectivity index (χ3n) is 4.80. The van der Waals surface area contributed by atoms with Crippen molar-refractivity contribution in [1.82, 2.24) is 9.99 Å². The summed E-state index contributed by atoms with van der Waals surface area (Å²) in [5, 5.41) is 2.60. The number of aromatic nitrogens is 1. The van der Waals surface area contributed by atoms with E-state index in [1.807, 2.05) is 37.3 Å². The molecule has 2 aromatic rings. The number of nitrogens with one attached hydrogen (secondary N) is 2. The molecule has 7 heteroatoms. The second-order valence-corrected chi connectivity index (χ2v) is 7.05. The molecule has 1 amide bonds. The smallest absolute Gasteiger partial charge is 0.273 e. The number of pyridine rings is 1. The first kappa shape index (κ1) is 23.2. The van der Waals surface area contributed by atoms with E-state index in [0.717, 1.165) is 44.0 Å². The van der Waals surface area contributed by atoms with Crippen LogP contribution in [0.1, 0.15) is 67.5 Å². The van der Waals surface area contributed by atoms with Crippen molar-refractivity contribution < 1.29 is 14.3 Å². The molecular weight excluding hydrogens is 382 g/mol. The lowest BCUT2D eigenvalue weighted by molar-refractivity contribution is -0.107. The van der Waals surface area contributed by atoms with E-state index in [4.69, 9.17) is 4.74 Å². The molecule has 0 spiro atoms. The van der Waals surface area contributed by atoms with E-state index in [0.29, 0.717) is 13.0 Å². The van der Waals surface area contributed by atoms with Crippen LogP contribution in [0.25, 0.3) is 0 Å². The minimum absolute atomic E-state index is 0.0468. The molecule has 162 valence electrons. The Morgan fingerprint density at radius 1 is 1.17 bits per heavy atom. The standard InChI is InChI=1S/C23H31N3O4/c1-3-4-17-30-22-20(28)14-15-26(21(22)23(29)24-2)25-19(13-9-6-10-16-27)18-11-7-5-8-12-18/h5,7-8,11-12,14-16,19,25H,3-4,6,9-10,13,17H2,1-2H3,(H,24,29). The van der Waals surface area contributed by atoms with Crippen molar-refractivity contribution >= 4 is 12.2 Å². The summed E-state index contributed by atoms with van der Waals surface area (Å²) in [5.74, 6) is -0.356. The van der Waals surface area contributed by atoms with Crippen LogP contribution in [-0.2, 0) is 4.79 Å². The lowest BCUT2D eigenvalue weighted by atomic mass is 10.0. The fourth-order valence-corrected chi connectivity index (χ4v) is 3.15. The zero-order valence-corrected chi connectivity index (χ0v) is 17.7. The van der Waals surface area contributed by atoms with Crippen LogP contribution in [0.4, 0.5) is 0 Å². The van der Waals surface area contributed by atoms with Crippen LogP contribution in [0.15, 0.2) is 47.4 Å². The number of rotatable bonds is 13. The van der Waals surface area contributed by atoms with Gasteiger partial charge < -0.3 is 20.3 Å². The first-order valence-corrected chi connectivity index (χ1v) is 10.5. The first-order valence-electron chi connectivity index (χ1n) is 10.5. The quantitative estimate of drug-likeness (QED) is 0.388. The number of aldehydes is 1. The molecule has 1 aromatic heterocycles. The molecular formula is C23H31N3O4. The van der Waals surface area contributed by atoms with Crippen LogP contribution >= 0.6 is 0 Å². The number of carbonyl (C=O) groups excluding carboxylic acids is 2. The highest BCUT2D eigenvalue weighted by atomic mass is 16.5. The van der Waals surface area contributed by atoms with E-state index in [-0.39, 0.29) is 22.9 Å². The third kappa shape index (κ3) is 6.47. The molecule has 2 rings (SSSR count). The first-order chi connectivity index (χ1) is 14.6. The van der Waals surface area contributed by atoms with E-state index in [9.17, 15) is 14.4 Å². The van der Waals surface area contributed by atoms with Crippen LogP contribution in [-0.4, -0.2) is 30.5 Å². The number of nitrogens with zero attached hydrogens (tertiary/aromatic N) is 1. The Morgan fingerprint density at radius 2 is 1.93 bits per heavy atom. The predicted molar refractivity (Wildman–Crippen MR) is 118 cm³/mol. The number of hydrogen-bond donors (Lipinski definition) is 2. The minimum atomic E-state index is -0.403. The van der Waals surface area contributed by atoms with E-state index < -0.39 is 5.91 Å². The topological polar surface area (TPSA) is 89.4 Å². The zero-order valence-electron chi connectivity index (χ0n) is 17.7. The van der Waals surface area contributed by atoms with Gasteiger partial charge in [-0.2, -0.15) is 0 Å². The molecule has 2 N–H and O–H groups in total. The third-order valence-corrected chi connectivity index (χ3v) is 4.80. The molecule has 0 saturated carbocycles. The summed E-state index contributed by atoms with van der Waals surface area (Å²) >= 11 is 0. The molecule has 1 atom stereocenters. The fourth-order valence-electron chi connectivity index (χ4n) is 3.15.